The molecule has 0 saturated carbocycles. The van der Waals surface area contributed by atoms with Gasteiger partial charge in [0.25, 0.3) is 0 Å². The van der Waals surface area contributed by atoms with E-state index in [1.165, 1.54) is 4.31 Å². The van der Waals surface area contributed by atoms with Crippen LogP contribution in [0.15, 0.2) is 47.4 Å². The van der Waals surface area contributed by atoms with Crippen LogP contribution in [0.1, 0.15) is 30.6 Å². The second-order valence-corrected chi connectivity index (χ2v) is 8.23. The van der Waals surface area contributed by atoms with Crippen molar-refractivity contribution in [3.8, 4) is 0 Å². The summed E-state index contributed by atoms with van der Waals surface area (Å²) in [4.78, 5) is 2.43. The maximum absolute atomic E-state index is 14.1. The number of H-pyrrole nitrogens is 1. The van der Waals surface area contributed by atoms with E-state index in [0.717, 1.165) is 40.4 Å². The number of nitrogens with one attached hydrogen (secondary N) is 1. The number of rotatable bonds is 3. The highest BCUT2D eigenvalue weighted by molar-refractivity contribution is 7.89. The lowest BCUT2D eigenvalue weighted by molar-refractivity contribution is 0.294. The second-order valence-electron chi connectivity index (χ2n) is 6.40. The highest BCUT2D eigenvalue weighted by Crippen LogP contribution is 2.39. The molecular weight excluding hydrogens is 358 g/mol. The average molecular weight is 376 g/mol. The molecule has 1 unspecified atom stereocenters. The molecule has 4 nitrogen and oxygen atoms in total. The number of fused-ring (bicyclic) bond motifs is 3. The highest BCUT2D eigenvalue weighted by atomic mass is 32.2. The molecule has 0 radical (unpaired) electrons. The first-order valence-corrected chi connectivity index (χ1v) is 9.94. The van der Waals surface area contributed by atoms with Gasteiger partial charge in [0, 0.05) is 23.1 Å². The Hall–Kier alpha value is -2.25. The third kappa shape index (κ3) is 2.46. The minimum Gasteiger partial charge on any atom is -0.357 e. The van der Waals surface area contributed by atoms with Gasteiger partial charge in [-0.3, -0.25) is 0 Å². The number of benzene rings is 2. The lowest BCUT2D eigenvalue weighted by Crippen LogP contribution is -2.40. The number of nitrogens with zero attached hydrogens (tertiary/aromatic N) is 1. The summed E-state index contributed by atoms with van der Waals surface area (Å²) >= 11 is 0. The van der Waals surface area contributed by atoms with Crippen molar-refractivity contribution >= 4 is 20.9 Å². The van der Waals surface area contributed by atoms with Crippen LogP contribution in [0.5, 0.6) is 0 Å². The SMILES string of the molecule is CCC1c2[nH]c3ccccc3c2CCN1S(=O)(=O)c1c(F)cccc1F. The van der Waals surface area contributed by atoms with E-state index in [1.54, 1.807) is 0 Å². The molecule has 136 valence electrons. The molecule has 0 saturated heterocycles. The molecule has 1 atom stereocenters. The maximum Gasteiger partial charge on any atom is 0.249 e. The van der Waals surface area contributed by atoms with E-state index in [9.17, 15) is 17.2 Å². The van der Waals surface area contributed by atoms with Gasteiger partial charge in [0.2, 0.25) is 10.0 Å². The van der Waals surface area contributed by atoms with Gasteiger partial charge < -0.3 is 4.98 Å². The summed E-state index contributed by atoms with van der Waals surface area (Å²) in [7, 11) is -4.30. The van der Waals surface area contributed by atoms with E-state index in [1.807, 2.05) is 31.2 Å². The molecule has 2 aromatic carbocycles. The van der Waals surface area contributed by atoms with Crippen LogP contribution in [0.25, 0.3) is 10.9 Å². The summed E-state index contributed by atoms with van der Waals surface area (Å²) in [6, 6.07) is 10.4. The molecule has 3 aromatic rings. The normalized spacial score (nSPS) is 18.2. The van der Waals surface area contributed by atoms with Gasteiger partial charge >= 0.3 is 0 Å². The Balaban J connectivity index is 1.86. The predicted molar refractivity (Wildman–Crippen MR) is 95.3 cm³/mol. The van der Waals surface area contributed by atoms with Gasteiger partial charge in [-0.2, -0.15) is 4.31 Å². The summed E-state index contributed by atoms with van der Waals surface area (Å²) < 4.78 is 55.6. The fourth-order valence-electron chi connectivity index (χ4n) is 3.84. The third-order valence-electron chi connectivity index (χ3n) is 4.98. The summed E-state index contributed by atoms with van der Waals surface area (Å²) in [5.74, 6) is -2.13. The molecule has 1 aromatic heterocycles. The van der Waals surface area contributed by atoms with Crippen molar-refractivity contribution in [1.29, 1.82) is 0 Å². The third-order valence-corrected chi connectivity index (χ3v) is 6.94. The molecule has 0 amide bonds. The smallest absolute Gasteiger partial charge is 0.249 e. The van der Waals surface area contributed by atoms with Crippen molar-refractivity contribution in [2.75, 3.05) is 6.54 Å². The topological polar surface area (TPSA) is 53.2 Å². The number of aromatic amines is 1. The first-order chi connectivity index (χ1) is 12.4. The molecule has 7 heteroatoms. The largest absolute Gasteiger partial charge is 0.357 e. The molecule has 0 fully saturated rings. The number of hydrogen-bond donors (Lipinski definition) is 1. The van der Waals surface area contributed by atoms with Crippen LogP contribution in [-0.2, 0) is 16.4 Å². The molecule has 26 heavy (non-hydrogen) atoms. The molecule has 4 rings (SSSR count). The Morgan fingerprint density at radius 1 is 1.12 bits per heavy atom. The van der Waals surface area contributed by atoms with Gasteiger partial charge in [-0.15, -0.1) is 0 Å². The Bertz CT molecular complexity index is 1070. The molecular formula is C19H18F2N2O2S. The lowest BCUT2D eigenvalue weighted by Gasteiger charge is -2.34. The van der Waals surface area contributed by atoms with Crippen molar-refractivity contribution in [1.82, 2.24) is 9.29 Å². The van der Waals surface area contributed by atoms with Crippen molar-refractivity contribution in [2.45, 2.75) is 30.7 Å². The standard InChI is InChI=1S/C19H18F2N2O2S/c1-2-17-18-13(12-6-3-4-9-16(12)22-18)10-11-23(17)26(24,25)19-14(20)7-5-8-15(19)21/h3-9,17,22H,2,10-11H2,1H3. The number of halogens is 2. The predicted octanol–water partition coefficient (Wildman–Crippen LogP) is 4.14. The highest BCUT2D eigenvalue weighted by Gasteiger charge is 2.39. The Kier molecular flexibility index (Phi) is 4.08. The molecule has 0 aliphatic carbocycles. The zero-order chi connectivity index (χ0) is 18.5. The van der Waals surface area contributed by atoms with Crippen molar-refractivity contribution < 1.29 is 17.2 Å². The summed E-state index contributed by atoms with van der Waals surface area (Å²) in [6.45, 7) is 2.05. The van der Waals surface area contributed by atoms with Gasteiger partial charge in [-0.1, -0.05) is 31.2 Å². The van der Waals surface area contributed by atoms with Crippen LogP contribution in [0.3, 0.4) is 0 Å². The van der Waals surface area contributed by atoms with E-state index < -0.39 is 32.6 Å². The zero-order valence-corrected chi connectivity index (χ0v) is 15.0. The number of aromatic nitrogens is 1. The first-order valence-electron chi connectivity index (χ1n) is 8.50. The van der Waals surface area contributed by atoms with Crippen molar-refractivity contribution in [3.05, 3.63) is 65.4 Å². The van der Waals surface area contributed by atoms with E-state index in [-0.39, 0.29) is 6.54 Å². The van der Waals surface area contributed by atoms with Crippen LogP contribution in [0.2, 0.25) is 0 Å². The van der Waals surface area contributed by atoms with Gasteiger partial charge in [0.1, 0.15) is 11.6 Å². The van der Waals surface area contributed by atoms with Crippen molar-refractivity contribution in [3.63, 3.8) is 0 Å². The lowest BCUT2D eigenvalue weighted by atomic mass is 9.98. The molecule has 1 aliphatic rings. The fourth-order valence-corrected chi connectivity index (χ4v) is 5.62. The van der Waals surface area contributed by atoms with Crippen LogP contribution in [-0.4, -0.2) is 24.3 Å². The van der Waals surface area contributed by atoms with Gasteiger partial charge in [-0.25, -0.2) is 17.2 Å². The number of hydrogen-bond acceptors (Lipinski definition) is 2. The maximum atomic E-state index is 14.1. The molecule has 2 heterocycles. The Labute approximate surface area is 150 Å². The molecule has 1 N–H and O–H groups in total. The summed E-state index contributed by atoms with van der Waals surface area (Å²) in [5, 5.41) is 1.06. The summed E-state index contributed by atoms with van der Waals surface area (Å²) in [6.07, 6.45) is 0.986. The van der Waals surface area contributed by atoms with Crippen LogP contribution in [0.4, 0.5) is 8.78 Å². The fraction of sp³-hybridized carbons (Fsp3) is 0.263. The number of para-hydroxylation sites is 1. The molecule has 0 bridgehead atoms. The summed E-state index contributed by atoms with van der Waals surface area (Å²) in [5.41, 5.74) is 2.82. The van der Waals surface area contributed by atoms with E-state index >= 15 is 0 Å². The van der Waals surface area contributed by atoms with Crippen molar-refractivity contribution in [2.24, 2.45) is 0 Å². The molecule has 0 spiro atoms. The second kappa shape index (κ2) is 6.17. The Morgan fingerprint density at radius 2 is 1.81 bits per heavy atom. The monoisotopic (exact) mass is 376 g/mol. The van der Waals surface area contributed by atoms with Gasteiger partial charge in [0.05, 0.1) is 6.04 Å². The Morgan fingerprint density at radius 3 is 2.50 bits per heavy atom. The van der Waals surface area contributed by atoms with E-state index in [2.05, 4.69) is 4.98 Å². The van der Waals surface area contributed by atoms with E-state index in [4.69, 9.17) is 0 Å². The van der Waals surface area contributed by atoms with Gasteiger partial charge in [0.15, 0.2) is 4.90 Å². The molecule has 1 aliphatic heterocycles. The van der Waals surface area contributed by atoms with E-state index in [0.29, 0.717) is 12.8 Å². The average Bonchev–Trinajstić information content (AvgIpc) is 2.99. The minimum atomic E-state index is -4.30. The first kappa shape index (κ1) is 17.2. The van der Waals surface area contributed by atoms with Crippen LogP contribution >= 0.6 is 0 Å². The van der Waals surface area contributed by atoms with Crippen LogP contribution < -0.4 is 0 Å². The quantitative estimate of drug-likeness (QED) is 0.747. The van der Waals surface area contributed by atoms with Gasteiger partial charge in [-0.05, 0) is 36.6 Å². The van der Waals surface area contributed by atoms with Crippen LogP contribution in [0, 0.1) is 11.6 Å². The minimum absolute atomic E-state index is 0.184. The number of sulfonamides is 1. The zero-order valence-electron chi connectivity index (χ0n) is 14.2.